The molecule has 0 amide bonds. The smallest absolute Gasteiger partial charge is 0.260 e. The van der Waals surface area contributed by atoms with E-state index in [1.807, 2.05) is 0 Å². The topological polar surface area (TPSA) is 55.0 Å². The predicted molar refractivity (Wildman–Crippen MR) is 165 cm³/mol. The number of ether oxygens (including phenoxy) is 1. The van der Waals surface area contributed by atoms with Crippen molar-refractivity contribution >= 4 is 77.5 Å². The molecule has 5 aromatic rings. The van der Waals surface area contributed by atoms with Gasteiger partial charge < -0.3 is 9.72 Å². The van der Waals surface area contributed by atoms with Crippen LogP contribution in [0.5, 0.6) is 5.75 Å². The second kappa shape index (κ2) is 10.4. The van der Waals surface area contributed by atoms with E-state index < -0.39 is 0 Å². The molecular weight excluding hydrogens is 694 g/mol. The van der Waals surface area contributed by atoms with Crippen LogP contribution in [0.15, 0.2) is 59.4 Å². The molecule has 4 nitrogen and oxygen atoms in total. The average Bonchev–Trinajstić information content (AvgIpc) is 3.20. The lowest BCUT2D eigenvalue weighted by Crippen LogP contribution is -2.11. The summed E-state index contributed by atoms with van der Waals surface area (Å²) in [6, 6.07) is 18.8. The van der Waals surface area contributed by atoms with E-state index in [0.717, 1.165) is 53.5 Å². The van der Waals surface area contributed by atoms with Crippen molar-refractivity contribution in [3.8, 4) is 17.1 Å². The summed E-state index contributed by atoms with van der Waals surface area (Å²) >= 11 is 6.34. The molecule has 0 radical (unpaired) electrons. The zero-order chi connectivity index (χ0) is 24.6. The first kappa shape index (κ1) is 24.4. The third-order valence-corrected chi connectivity index (χ3v) is 9.64. The van der Waals surface area contributed by atoms with Crippen LogP contribution in [-0.4, -0.2) is 9.97 Å². The summed E-state index contributed by atoms with van der Waals surface area (Å²) in [4.78, 5) is 23.4. The number of rotatable bonds is 4. The Morgan fingerprint density at radius 3 is 2.53 bits per heavy atom. The van der Waals surface area contributed by atoms with Crippen molar-refractivity contribution in [3.63, 3.8) is 0 Å². The van der Waals surface area contributed by atoms with Gasteiger partial charge in [-0.25, -0.2) is 4.98 Å². The zero-order valence-electron chi connectivity index (χ0n) is 19.6. The molecule has 36 heavy (non-hydrogen) atoms. The van der Waals surface area contributed by atoms with Crippen LogP contribution in [0.1, 0.15) is 41.7 Å². The van der Waals surface area contributed by atoms with Crippen LogP contribution >= 0.6 is 56.5 Å². The number of thiophene rings is 1. The number of hydrogen-bond acceptors (Lipinski definition) is 4. The van der Waals surface area contributed by atoms with E-state index in [4.69, 9.17) is 9.72 Å². The van der Waals surface area contributed by atoms with Gasteiger partial charge in [-0.3, -0.25) is 4.79 Å². The number of nitrogens with one attached hydrogen (secondary N) is 1. The van der Waals surface area contributed by atoms with E-state index in [1.165, 1.54) is 40.5 Å². The quantitative estimate of drug-likeness (QED) is 0.191. The number of nitrogens with zero attached hydrogens (tertiary/aromatic N) is 1. The van der Waals surface area contributed by atoms with Gasteiger partial charge in [-0.15, -0.1) is 11.3 Å². The molecule has 1 N–H and O–H groups in total. The summed E-state index contributed by atoms with van der Waals surface area (Å²) in [7, 11) is 0. The van der Waals surface area contributed by atoms with Crippen LogP contribution in [0.3, 0.4) is 0 Å². The Morgan fingerprint density at radius 2 is 1.69 bits per heavy atom. The van der Waals surface area contributed by atoms with Crippen molar-refractivity contribution < 1.29 is 4.74 Å². The Kier molecular flexibility index (Phi) is 7.05. The first-order valence-corrected chi connectivity index (χ1v) is 15.2. The van der Waals surface area contributed by atoms with Crippen LogP contribution in [0.4, 0.5) is 0 Å². The number of hydrogen-bond donors (Lipinski definition) is 1. The second-order valence-electron chi connectivity index (χ2n) is 9.21. The van der Waals surface area contributed by atoms with Crippen LogP contribution in [0.2, 0.25) is 0 Å². The maximum absolute atomic E-state index is 13.2. The van der Waals surface area contributed by atoms with E-state index in [9.17, 15) is 4.79 Å². The van der Waals surface area contributed by atoms with Gasteiger partial charge in [-0.1, -0.05) is 55.3 Å². The number of aromatic amines is 1. The molecule has 7 heteroatoms. The molecule has 0 aliphatic heterocycles. The summed E-state index contributed by atoms with van der Waals surface area (Å²) in [6.45, 7) is 0.495. The van der Waals surface area contributed by atoms with Crippen molar-refractivity contribution in [1.82, 2.24) is 9.97 Å². The first-order valence-electron chi connectivity index (χ1n) is 12.2. The van der Waals surface area contributed by atoms with Crippen LogP contribution < -0.4 is 10.3 Å². The zero-order valence-corrected chi connectivity index (χ0v) is 24.7. The molecule has 0 spiro atoms. The fraction of sp³-hybridized carbons (Fsp3) is 0.241. The Labute approximate surface area is 240 Å². The third kappa shape index (κ3) is 4.69. The van der Waals surface area contributed by atoms with Gasteiger partial charge in [-0.05, 0) is 105 Å². The third-order valence-electron chi connectivity index (χ3n) is 6.85. The molecule has 2 heterocycles. The molecule has 0 atom stereocenters. The number of H-pyrrole nitrogens is 1. The summed E-state index contributed by atoms with van der Waals surface area (Å²) in [6.07, 6.45) is 6.90. The second-order valence-corrected chi connectivity index (χ2v) is 12.6. The first-order chi connectivity index (χ1) is 17.6. The SMILES string of the molecule is O=c1[nH]c(-c2cc(I)c(OCc3cccc4ccccc34)c(I)c2)nc2sc3c(c12)CCCCCC3. The Hall–Kier alpha value is -1.98. The molecule has 1 aliphatic rings. The van der Waals surface area contributed by atoms with E-state index in [2.05, 4.69) is 105 Å². The fourth-order valence-electron chi connectivity index (χ4n) is 5.06. The highest BCUT2D eigenvalue weighted by Crippen LogP contribution is 2.36. The van der Waals surface area contributed by atoms with Crippen molar-refractivity contribution in [1.29, 1.82) is 0 Å². The number of aryl methyl sites for hydroxylation is 2. The maximum atomic E-state index is 13.2. The van der Waals surface area contributed by atoms with Crippen molar-refractivity contribution in [2.75, 3.05) is 0 Å². The molecule has 0 fully saturated rings. The van der Waals surface area contributed by atoms with E-state index in [1.54, 1.807) is 11.3 Å². The van der Waals surface area contributed by atoms with Crippen LogP contribution in [-0.2, 0) is 19.4 Å². The molecule has 6 rings (SSSR count). The van der Waals surface area contributed by atoms with Crippen LogP contribution in [0, 0.1) is 7.14 Å². The Bertz CT molecular complexity index is 1630. The van der Waals surface area contributed by atoms with Crippen molar-refractivity contribution in [2.24, 2.45) is 0 Å². The summed E-state index contributed by atoms with van der Waals surface area (Å²) < 4.78 is 8.31. The number of benzene rings is 3. The van der Waals surface area contributed by atoms with Gasteiger partial charge in [-0.2, -0.15) is 0 Å². The van der Waals surface area contributed by atoms with Gasteiger partial charge in [0, 0.05) is 10.4 Å². The lowest BCUT2D eigenvalue weighted by molar-refractivity contribution is 0.303. The summed E-state index contributed by atoms with van der Waals surface area (Å²) in [5, 5.41) is 3.23. The van der Waals surface area contributed by atoms with Gasteiger partial charge >= 0.3 is 0 Å². The van der Waals surface area contributed by atoms with Gasteiger partial charge in [0.1, 0.15) is 23.0 Å². The lowest BCUT2D eigenvalue weighted by Gasteiger charge is -2.14. The molecule has 1 aliphatic carbocycles. The van der Waals surface area contributed by atoms with E-state index in [-0.39, 0.29) is 5.56 Å². The Balaban J connectivity index is 1.32. The predicted octanol–water partition coefficient (Wildman–Crippen LogP) is 8.25. The highest BCUT2D eigenvalue weighted by molar-refractivity contribution is 14.1. The number of aromatic nitrogens is 2. The highest BCUT2D eigenvalue weighted by Gasteiger charge is 2.20. The molecular formula is C29H24I2N2O2S. The van der Waals surface area contributed by atoms with Crippen LogP contribution in [0.25, 0.3) is 32.4 Å². The molecule has 3 aromatic carbocycles. The number of fused-ring (bicyclic) bond motifs is 4. The maximum Gasteiger partial charge on any atom is 0.260 e. The fourth-order valence-corrected chi connectivity index (χ4v) is 8.40. The van der Waals surface area contributed by atoms with E-state index in [0.29, 0.717) is 12.4 Å². The molecule has 0 bridgehead atoms. The van der Waals surface area contributed by atoms with Crippen molar-refractivity contribution in [3.05, 3.63) is 88.1 Å². The molecule has 0 saturated carbocycles. The van der Waals surface area contributed by atoms with Crippen molar-refractivity contribution in [2.45, 2.75) is 45.1 Å². The van der Waals surface area contributed by atoms with Gasteiger partial charge in [0.2, 0.25) is 0 Å². The highest BCUT2D eigenvalue weighted by atomic mass is 127. The molecule has 2 aromatic heterocycles. The Morgan fingerprint density at radius 1 is 0.944 bits per heavy atom. The molecule has 182 valence electrons. The molecule has 0 unspecified atom stereocenters. The summed E-state index contributed by atoms with van der Waals surface area (Å²) in [5.41, 5.74) is 3.28. The minimum atomic E-state index is -0.0191. The lowest BCUT2D eigenvalue weighted by atomic mass is 9.98. The van der Waals surface area contributed by atoms with E-state index >= 15 is 0 Å². The summed E-state index contributed by atoms with van der Waals surface area (Å²) in [5.74, 6) is 1.48. The minimum absolute atomic E-state index is 0.0191. The minimum Gasteiger partial charge on any atom is -0.487 e. The standard InChI is InChI=1S/C29H24I2N2O2S/c30-22-14-19(15-23(31)26(22)35-16-18-10-7-9-17-8-5-6-11-20(17)18)27-32-28(34)25-21-12-3-1-2-4-13-24(21)36-29(25)33-27/h5-11,14-15H,1-4,12-13,16H2,(H,32,33,34). The van der Waals surface area contributed by atoms with Gasteiger partial charge in [0.25, 0.3) is 5.56 Å². The molecule has 0 saturated heterocycles. The van der Waals surface area contributed by atoms with Gasteiger partial charge in [0.15, 0.2) is 0 Å². The number of halogens is 2. The largest absolute Gasteiger partial charge is 0.487 e. The van der Waals surface area contributed by atoms with Gasteiger partial charge in [0.05, 0.1) is 12.5 Å². The normalized spacial score (nSPS) is 13.9. The average molecular weight is 718 g/mol. The monoisotopic (exact) mass is 718 g/mol.